The molecule has 0 saturated heterocycles. The van der Waals surface area contributed by atoms with Crippen LogP contribution < -0.4 is 5.32 Å². The zero-order chi connectivity index (χ0) is 12.4. The normalized spacial score (nSPS) is 10.4. The summed E-state index contributed by atoms with van der Waals surface area (Å²) in [6.07, 6.45) is 3.41. The number of H-pyrrole nitrogens is 1. The number of aromatic amines is 1. The molecule has 18 heavy (non-hydrogen) atoms. The van der Waals surface area contributed by atoms with Gasteiger partial charge in [0.25, 0.3) is 11.7 Å². The van der Waals surface area contributed by atoms with E-state index < -0.39 is 5.91 Å². The van der Waals surface area contributed by atoms with Gasteiger partial charge in [-0.3, -0.25) is 9.78 Å². The lowest BCUT2D eigenvalue weighted by atomic mass is 10.1. The fraction of sp³-hybridized carbons (Fsp3) is 0. The Labute approximate surface area is 101 Å². The molecular formula is C11H8N6O. The number of tetrazole rings is 1. The Morgan fingerprint density at radius 1 is 1.28 bits per heavy atom. The summed E-state index contributed by atoms with van der Waals surface area (Å²) in [7, 11) is 0. The van der Waals surface area contributed by atoms with Gasteiger partial charge in [0.1, 0.15) is 0 Å². The zero-order valence-corrected chi connectivity index (χ0v) is 9.16. The molecule has 1 amide bonds. The SMILES string of the molecule is O=C(Nc1cccc2cnccc12)c1nn[nH]n1. The fourth-order valence-corrected chi connectivity index (χ4v) is 1.67. The first kappa shape index (κ1) is 10.3. The van der Waals surface area contributed by atoms with Gasteiger partial charge in [-0.25, -0.2) is 0 Å². The highest BCUT2D eigenvalue weighted by Gasteiger charge is 2.12. The third kappa shape index (κ3) is 1.77. The van der Waals surface area contributed by atoms with Crippen molar-refractivity contribution >= 4 is 22.4 Å². The van der Waals surface area contributed by atoms with E-state index >= 15 is 0 Å². The van der Waals surface area contributed by atoms with Crippen LogP contribution in [-0.4, -0.2) is 31.5 Å². The van der Waals surface area contributed by atoms with Crippen LogP contribution in [0.3, 0.4) is 0 Å². The average Bonchev–Trinajstić information content (AvgIpc) is 2.93. The first-order valence-electron chi connectivity index (χ1n) is 5.22. The molecule has 2 aromatic heterocycles. The lowest BCUT2D eigenvalue weighted by Gasteiger charge is -2.06. The van der Waals surface area contributed by atoms with Gasteiger partial charge in [0.2, 0.25) is 0 Å². The second kappa shape index (κ2) is 4.21. The molecule has 3 aromatic rings. The van der Waals surface area contributed by atoms with Gasteiger partial charge < -0.3 is 5.32 Å². The Morgan fingerprint density at radius 2 is 2.22 bits per heavy atom. The number of pyridine rings is 1. The van der Waals surface area contributed by atoms with Crippen molar-refractivity contribution in [1.82, 2.24) is 25.6 Å². The maximum absolute atomic E-state index is 11.8. The molecule has 7 nitrogen and oxygen atoms in total. The molecule has 0 aliphatic carbocycles. The number of anilines is 1. The molecule has 0 radical (unpaired) electrons. The third-order valence-corrected chi connectivity index (χ3v) is 2.48. The highest BCUT2D eigenvalue weighted by Crippen LogP contribution is 2.22. The summed E-state index contributed by atoms with van der Waals surface area (Å²) in [5.41, 5.74) is 0.685. The lowest BCUT2D eigenvalue weighted by molar-refractivity contribution is 0.101. The lowest BCUT2D eigenvalue weighted by Crippen LogP contribution is -2.14. The van der Waals surface area contributed by atoms with E-state index in [2.05, 4.69) is 30.9 Å². The number of aromatic nitrogens is 5. The van der Waals surface area contributed by atoms with E-state index in [1.807, 2.05) is 18.2 Å². The van der Waals surface area contributed by atoms with Crippen LogP contribution in [0.2, 0.25) is 0 Å². The molecule has 1 aromatic carbocycles. The number of rotatable bonds is 2. The third-order valence-electron chi connectivity index (χ3n) is 2.48. The van der Waals surface area contributed by atoms with Crippen molar-refractivity contribution in [3.05, 3.63) is 42.5 Å². The summed E-state index contributed by atoms with van der Waals surface area (Å²) >= 11 is 0. The minimum absolute atomic E-state index is 0.000981. The van der Waals surface area contributed by atoms with E-state index in [1.54, 1.807) is 18.5 Å². The Kier molecular flexibility index (Phi) is 2.41. The van der Waals surface area contributed by atoms with Crippen molar-refractivity contribution < 1.29 is 4.79 Å². The zero-order valence-electron chi connectivity index (χ0n) is 9.16. The van der Waals surface area contributed by atoms with Crippen molar-refractivity contribution in [2.24, 2.45) is 0 Å². The van der Waals surface area contributed by atoms with Gasteiger partial charge in [-0.1, -0.05) is 12.1 Å². The maximum Gasteiger partial charge on any atom is 0.297 e. The highest BCUT2D eigenvalue weighted by atomic mass is 16.2. The second-order valence-electron chi connectivity index (χ2n) is 3.59. The number of carbonyl (C=O) groups is 1. The molecule has 0 bridgehead atoms. The van der Waals surface area contributed by atoms with Gasteiger partial charge in [0, 0.05) is 28.9 Å². The Balaban J connectivity index is 1.98. The van der Waals surface area contributed by atoms with Gasteiger partial charge in [-0.15, -0.1) is 10.2 Å². The predicted molar refractivity (Wildman–Crippen MR) is 63.9 cm³/mol. The highest BCUT2D eigenvalue weighted by molar-refractivity contribution is 6.07. The number of hydrogen-bond donors (Lipinski definition) is 2. The summed E-state index contributed by atoms with van der Waals surface area (Å²) in [6.45, 7) is 0. The molecule has 7 heteroatoms. The minimum Gasteiger partial charge on any atom is -0.319 e. The maximum atomic E-state index is 11.8. The molecule has 0 unspecified atom stereocenters. The van der Waals surface area contributed by atoms with E-state index in [9.17, 15) is 4.79 Å². The van der Waals surface area contributed by atoms with Crippen molar-refractivity contribution in [1.29, 1.82) is 0 Å². The Bertz CT molecular complexity index is 688. The molecule has 0 aliphatic rings. The predicted octanol–water partition coefficient (Wildman–Crippen LogP) is 1.00. The Morgan fingerprint density at radius 3 is 3.06 bits per heavy atom. The molecule has 0 atom stereocenters. The topological polar surface area (TPSA) is 96.5 Å². The first-order chi connectivity index (χ1) is 8.84. The monoisotopic (exact) mass is 240 g/mol. The molecule has 0 spiro atoms. The molecule has 0 fully saturated rings. The van der Waals surface area contributed by atoms with Gasteiger partial charge in [-0.05, 0) is 17.3 Å². The molecule has 0 aliphatic heterocycles. The molecule has 0 saturated carbocycles. The molecule has 2 N–H and O–H groups in total. The van der Waals surface area contributed by atoms with E-state index in [0.29, 0.717) is 5.69 Å². The van der Waals surface area contributed by atoms with Crippen LogP contribution in [0.1, 0.15) is 10.6 Å². The largest absolute Gasteiger partial charge is 0.319 e. The Hall–Kier alpha value is -2.83. The van der Waals surface area contributed by atoms with E-state index in [0.717, 1.165) is 10.8 Å². The van der Waals surface area contributed by atoms with Gasteiger partial charge in [-0.2, -0.15) is 5.21 Å². The minimum atomic E-state index is -0.409. The summed E-state index contributed by atoms with van der Waals surface area (Å²) in [4.78, 5) is 15.8. The number of hydrogen-bond acceptors (Lipinski definition) is 5. The van der Waals surface area contributed by atoms with E-state index in [4.69, 9.17) is 0 Å². The number of benzene rings is 1. The summed E-state index contributed by atoms with van der Waals surface area (Å²) in [5, 5.41) is 17.4. The second-order valence-corrected chi connectivity index (χ2v) is 3.59. The van der Waals surface area contributed by atoms with Crippen molar-refractivity contribution in [3.8, 4) is 0 Å². The number of carbonyl (C=O) groups excluding carboxylic acids is 1. The first-order valence-corrected chi connectivity index (χ1v) is 5.22. The van der Waals surface area contributed by atoms with Crippen LogP contribution in [-0.2, 0) is 0 Å². The smallest absolute Gasteiger partial charge is 0.297 e. The quantitative estimate of drug-likeness (QED) is 0.696. The molecular weight excluding hydrogens is 232 g/mol. The van der Waals surface area contributed by atoms with Gasteiger partial charge in [0.05, 0.1) is 0 Å². The van der Waals surface area contributed by atoms with Gasteiger partial charge >= 0.3 is 0 Å². The number of nitrogens with zero attached hydrogens (tertiary/aromatic N) is 4. The van der Waals surface area contributed by atoms with Crippen LogP contribution in [0.15, 0.2) is 36.7 Å². The number of amides is 1. The van der Waals surface area contributed by atoms with Crippen molar-refractivity contribution in [3.63, 3.8) is 0 Å². The summed E-state index contributed by atoms with van der Waals surface area (Å²) in [5.74, 6) is -0.408. The van der Waals surface area contributed by atoms with Crippen LogP contribution in [0.4, 0.5) is 5.69 Å². The summed E-state index contributed by atoms with van der Waals surface area (Å²) in [6, 6.07) is 7.41. The summed E-state index contributed by atoms with van der Waals surface area (Å²) < 4.78 is 0. The number of nitrogens with one attached hydrogen (secondary N) is 2. The van der Waals surface area contributed by atoms with Crippen LogP contribution in [0.5, 0.6) is 0 Å². The standard InChI is InChI=1S/C11H8N6O/c18-11(10-14-16-17-15-10)13-9-3-1-2-7-6-12-5-4-8(7)9/h1-6H,(H,13,18)(H,14,15,16,17). The molecule has 2 heterocycles. The van der Waals surface area contributed by atoms with Crippen molar-refractivity contribution in [2.75, 3.05) is 5.32 Å². The van der Waals surface area contributed by atoms with Gasteiger partial charge in [0.15, 0.2) is 0 Å². The fourth-order valence-electron chi connectivity index (χ4n) is 1.67. The average molecular weight is 240 g/mol. The molecule has 88 valence electrons. The van der Waals surface area contributed by atoms with E-state index in [-0.39, 0.29) is 5.82 Å². The molecule has 3 rings (SSSR count). The van der Waals surface area contributed by atoms with Crippen molar-refractivity contribution in [2.45, 2.75) is 0 Å². The van der Waals surface area contributed by atoms with E-state index in [1.165, 1.54) is 0 Å². The van der Waals surface area contributed by atoms with Crippen LogP contribution >= 0.6 is 0 Å². The van der Waals surface area contributed by atoms with Crippen LogP contribution in [0, 0.1) is 0 Å². The number of fused-ring (bicyclic) bond motifs is 1. The van der Waals surface area contributed by atoms with Crippen LogP contribution in [0.25, 0.3) is 10.8 Å².